The van der Waals surface area contributed by atoms with Crippen molar-refractivity contribution in [3.63, 3.8) is 0 Å². The standard InChI is InChI=1S/C22H22N4O2/c1-15-3-5-17(6-4-15)13-23-21-12-7-18(14-24-21)22(28)26-20-10-8-19(9-11-20)25-16(2)27/h3-12,14H,13H2,1-2H3,(H,23,24)(H,25,27)(H,26,28). The number of nitrogens with one attached hydrogen (secondary N) is 3. The Morgan fingerprint density at radius 2 is 1.50 bits per heavy atom. The Morgan fingerprint density at radius 3 is 2.07 bits per heavy atom. The van der Waals surface area contributed by atoms with Crippen molar-refractivity contribution >= 4 is 29.0 Å². The summed E-state index contributed by atoms with van der Waals surface area (Å²) in [6.45, 7) is 4.17. The highest BCUT2D eigenvalue weighted by Gasteiger charge is 2.07. The molecule has 0 saturated heterocycles. The van der Waals surface area contributed by atoms with Gasteiger partial charge in [0, 0.05) is 31.0 Å². The number of benzene rings is 2. The van der Waals surface area contributed by atoms with Gasteiger partial charge >= 0.3 is 0 Å². The van der Waals surface area contributed by atoms with E-state index in [1.54, 1.807) is 42.6 Å². The van der Waals surface area contributed by atoms with Crippen LogP contribution in [0, 0.1) is 6.92 Å². The summed E-state index contributed by atoms with van der Waals surface area (Å²) < 4.78 is 0. The van der Waals surface area contributed by atoms with Crippen LogP contribution in [-0.4, -0.2) is 16.8 Å². The third kappa shape index (κ3) is 5.41. The van der Waals surface area contributed by atoms with Crippen LogP contribution in [0.3, 0.4) is 0 Å². The second kappa shape index (κ2) is 8.81. The molecule has 3 N–H and O–H groups in total. The topological polar surface area (TPSA) is 83.1 Å². The molecule has 0 unspecified atom stereocenters. The van der Waals surface area contributed by atoms with Crippen LogP contribution in [0.15, 0.2) is 66.9 Å². The lowest BCUT2D eigenvalue weighted by Crippen LogP contribution is -2.13. The van der Waals surface area contributed by atoms with E-state index < -0.39 is 0 Å². The number of nitrogens with zero attached hydrogens (tertiary/aromatic N) is 1. The lowest BCUT2D eigenvalue weighted by molar-refractivity contribution is -0.114. The zero-order valence-corrected chi connectivity index (χ0v) is 15.8. The summed E-state index contributed by atoms with van der Waals surface area (Å²) in [4.78, 5) is 27.7. The highest BCUT2D eigenvalue weighted by atomic mass is 16.2. The molecule has 0 saturated carbocycles. The first-order valence-corrected chi connectivity index (χ1v) is 8.94. The molecule has 3 rings (SSSR count). The Kier molecular flexibility index (Phi) is 6.01. The molecule has 6 nitrogen and oxygen atoms in total. The maximum atomic E-state index is 12.4. The van der Waals surface area contributed by atoms with E-state index in [0.717, 1.165) is 5.56 Å². The Hall–Kier alpha value is -3.67. The third-order valence-electron chi connectivity index (χ3n) is 4.08. The monoisotopic (exact) mass is 374 g/mol. The lowest BCUT2D eigenvalue weighted by atomic mass is 10.1. The van der Waals surface area contributed by atoms with E-state index in [9.17, 15) is 9.59 Å². The second-order valence-electron chi connectivity index (χ2n) is 6.48. The summed E-state index contributed by atoms with van der Waals surface area (Å²) in [5, 5.41) is 8.73. The van der Waals surface area contributed by atoms with Gasteiger partial charge in [0.2, 0.25) is 5.91 Å². The first kappa shape index (κ1) is 19.1. The average molecular weight is 374 g/mol. The molecule has 0 aliphatic rings. The van der Waals surface area contributed by atoms with Crippen molar-refractivity contribution in [3.05, 3.63) is 83.6 Å². The average Bonchev–Trinajstić information content (AvgIpc) is 2.69. The molecule has 0 spiro atoms. The highest BCUT2D eigenvalue weighted by Crippen LogP contribution is 2.15. The van der Waals surface area contributed by atoms with Gasteiger partial charge in [0.1, 0.15) is 5.82 Å². The molecule has 3 aromatic rings. The van der Waals surface area contributed by atoms with Crippen LogP contribution in [0.25, 0.3) is 0 Å². The third-order valence-corrected chi connectivity index (χ3v) is 4.08. The Morgan fingerprint density at radius 1 is 0.857 bits per heavy atom. The van der Waals surface area contributed by atoms with Crippen molar-refractivity contribution in [1.82, 2.24) is 4.98 Å². The first-order chi connectivity index (χ1) is 13.5. The maximum absolute atomic E-state index is 12.4. The van der Waals surface area contributed by atoms with E-state index in [1.807, 2.05) is 0 Å². The lowest BCUT2D eigenvalue weighted by Gasteiger charge is -2.09. The van der Waals surface area contributed by atoms with E-state index in [0.29, 0.717) is 29.3 Å². The van der Waals surface area contributed by atoms with Crippen molar-refractivity contribution in [3.8, 4) is 0 Å². The molecule has 28 heavy (non-hydrogen) atoms. The second-order valence-corrected chi connectivity index (χ2v) is 6.48. The van der Waals surface area contributed by atoms with Crippen LogP contribution >= 0.6 is 0 Å². The fourth-order valence-electron chi connectivity index (χ4n) is 2.57. The zero-order valence-electron chi connectivity index (χ0n) is 15.8. The summed E-state index contributed by atoms with van der Waals surface area (Å²) in [5.41, 5.74) is 4.17. The molecule has 6 heteroatoms. The number of hydrogen-bond acceptors (Lipinski definition) is 4. The molecule has 142 valence electrons. The minimum atomic E-state index is -0.245. The molecule has 2 aromatic carbocycles. The van der Waals surface area contributed by atoms with Crippen LogP contribution < -0.4 is 16.0 Å². The van der Waals surface area contributed by atoms with Crippen molar-refractivity contribution in [2.45, 2.75) is 20.4 Å². The molecular formula is C22H22N4O2. The van der Waals surface area contributed by atoms with Crippen LogP contribution in [0.2, 0.25) is 0 Å². The number of anilines is 3. The molecule has 0 aliphatic carbocycles. The van der Waals surface area contributed by atoms with E-state index in [1.165, 1.54) is 12.5 Å². The SMILES string of the molecule is CC(=O)Nc1ccc(NC(=O)c2ccc(NCc3ccc(C)cc3)nc2)cc1. The van der Waals surface area contributed by atoms with Crippen LogP contribution in [0.5, 0.6) is 0 Å². The summed E-state index contributed by atoms with van der Waals surface area (Å²) in [6.07, 6.45) is 1.54. The Bertz CT molecular complexity index is 949. The zero-order chi connectivity index (χ0) is 19.9. The molecule has 1 heterocycles. The summed E-state index contributed by atoms with van der Waals surface area (Å²) in [7, 11) is 0. The predicted octanol–water partition coefficient (Wildman–Crippen LogP) is 4.21. The normalized spacial score (nSPS) is 10.2. The van der Waals surface area contributed by atoms with Gasteiger partial charge in [-0.05, 0) is 48.9 Å². The van der Waals surface area contributed by atoms with Crippen molar-refractivity contribution in [1.29, 1.82) is 0 Å². The van der Waals surface area contributed by atoms with Gasteiger partial charge in [-0.1, -0.05) is 29.8 Å². The number of aromatic nitrogens is 1. The van der Waals surface area contributed by atoms with Crippen LogP contribution in [-0.2, 0) is 11.3 Å². The highest BCUT2D eigenvalue weighted by molar-refractivity contribution is 6.04. The van der Waals surface area contributed by atoms with Crippen LogP contribution in [0.4, 0.5) is 17.2 Å². The smallest absolute Gasteiger partial charge is 0.257 e. The van der Waals surface area contributed by atoms with Gasteiger partial charge in [0.05, 0.1) is 5.56 Å². The molecule has 1 aromatic heterocycles. The number of rotatable bonds is 6. The van der Waals surface area contributed by atoms with Gasteiger partial charge in [0.25, 0.3) is 5.91 Å². The molecule has 2 amide bonds. The number of amides is 2. The van der Waals surface area contributed by atoms with Gasteiger partial charge in [-0.25, -0.2) is 4.98 Å². The molecule has 0 aliphatic heterocycles. The molecular weight excluding hydrogens is 352 g/mol. The number of aryl methyl sites for hydroxylation is 1. The largest absolute Gasteiger partial charge is 0.366 e. The molecule has 0 atom stereocenters. The van der Waals surface area contributed by atoms with Crippen molar-refractivity contribution in [2.24, 2.45) is 0 Å². The van der Waals surface area contributed by atoms with E-state index >= 15 is 0 Å². The van der Waals surface area contributed by atoms with Crippen molar-refractivity contribution in [2.75, 3.05) is 16.0 Å². The summed E-state index contributed by atoms with van der Waals surface area (Å²) in [6, 6.07) is 18.7. The first-order valence-electron chi connectivity index (χ1n) is 8.94. The molecule has 0 bridgehead atoms. The quantitative estimate of drug-likeness (QED) is 0.603. The molecule has 0 radical (unpaired) electrons. The van der Waals surface area contributed by atoms with Crippen molar-refractivity contribution < 1.29 is 9.59 Å². The summed E-state index contributed by atoms with van der Waals surface area (Å²) in [5.74, 6) is 0.320. The fraction of sp³-hybridized carbons (Fsp3) is 0.136. The molecule has 0 fully saturated rings. The Balaban J connectivity index is 1.55. The van der Waals surface area contributed by atoms with Gasteiger partial charge in [-0.2, -0.15) is 0 Å². The number of pyridine rings is 1. The summed E-state index contributed by atoms with van der Waals surface area (Å²) >= 11 is 0. The predicted molar refractivity (Wildman–Crippen MR) is 111 cm³/mol. The van der Waals surface area contributed by atoms with Gasteiger partial charge < -0.3 is 16.0 Å². The Labute approximate surface area is 164 Å². The number of carbonyl (C=O) groups is 2. The van der Waals surface area contributed by atoms with Gasteiger partial charge in [-0.3, -0.25) is 9.59 Å². The number of hydrogen-bond donors (Lipinski definition) is 3. The van der Waals surface area contributed by atoms with E-state index in [-0.39, 0.29) is 11.8 Å². The number of carbonyl (C=O) groups excluding carboxylic acids is 2. The van der Waals surface area contributed by atoms with Gasteiger partial charge in [0.15, 0.2) is 0 Å². The fourth-order valence-corrected chi connectivity index (χ4v) is 2.57. The maximum Gasteiger partial charge on any atom is 0.257 e. The van der Waals surface area contributed by atoms with Gasteiger partial charge in [-0.15, -0.1) is 0 Å². The van der Waals surface area contributed by atoms with Crippen LogP contribution in [0.1, 0.15) is 28.4 Å². The van der Waals surface area contributed by atoms with E-state index in [2.05, 4.69) is 52.1 Å². The van der Waals surface area contributed by atoms with E-state index in [4.69, 9.17) is 0 Å². The minimum absolute atomic E-state index is 0.140. The minimum Gasteiger partial charge on any atom is -0.366 e.